The average molecular weight is 310 g/mol. The first-order valence-corrected chi connectivity index (χ1v) is 7.70. The summed E-state index contributed by atoms with van der Waals surface area (Å²) in [6.07, 6.45) is 1.71. The standard InChI is InChI=1S/C15H22N2O3S/c1-4-8-17(10-13-7-6-9-21-13)14(18)11-16(3)12-15(19)20-5-2/h4,6-7,9H,1,5,8,10-12H2,2-3H3. The average Bonchev–Trinajstić information content (AvgIpc) is 2.91. The van der Waals surface area contributed by atoms with Crippen LogP contribution in [0, 0.1) is 0 Å². The van der Waals surface area contributed by atoms with Gasteiger partial charge in [0.15, 0.2) is 0 Å². The number of hydrogen-bond acceptors (Lipinski definition) is 5. The molecular weight excluding hydrogens is 288 g/mol. The largest absolute Gasteiger partial charge is 0.465 e. The van der Waals surface area contributed by atoms with Gasteiger partial charge in [-0.25, -0.2) is 0 Å². The van der Waals surface area contributed by atoms with Crippen LogP contribution in [0.25, 0.3) is 0 Å². The Morgan fingerprint density at radius 3 is 2.76 bits per heavy atom. The smallest absolute Gasteiger partial charge is 0.320 e. The summed E-state index contributed by atoms with van der Waals surface area (Å²) in [5.41, 5.74) is 0. The van der Waals surface area contributed by atoms with Gasteiger partial charge in [-0.1, -0.05) is 12.1 Å². The van der Waals surface area contributed by atoms with Crippen molar-refractivity contribution < 1.29 is 14.3 Å². The van der Waals surface area contributed by atoms with E-state index < -0.39 is 0 Å². The first-order valence-electron chi connectivity index (χ1n) is 6.82. The minimum absolute atomic E-state index is 0.0323. The molecule has 21 heavy (non-hydrogen) atoms. The molecule has 0 fully saturated rings. The molecule has 0 aromatic carbocycles. The molecule has 0 atom stereocenters. The number of hydrogen-bond donors (Lipinski definition) is 0. The Morgan fingerprint density at radius 2 is 2.19 bits per heavy atom. The van der Waals surface area contributed by atoms with Gasteiger partial charge in [0.05, 0.1) is 26.2 Å². The molecule has 0 unspecified atom stereocenters. The molecule has 0 N–H and O–H groups in total. The lowest BCUT2D eigenvalue weighted by Gasteiger charge is -2.23. The van der Waals surface area contributed by atoms with Crippen LogP contribution in [0.1, 0.15) is 11.8 Å². The van der Waals surface area contributed by atoms with E-state index in [2.05, 4.69) is 6.58 Å². The summed E-state index contributed by atoms with van der Waals surface area (Å²) in [6, 6.07) is 3.96. The number of rotatable bonds is 9. The van der Waals surface area contributed by atoms with Gasteiger partial charge < -0.3 is 9.64 Å². The van der Waals surface area contributed by atoms with Crippen molar-refractivity contribution in [2.75, 3.05) is 33.3 Å². The maximum atomic E-state index is 12.3. The Morgan fingerprint density at radius 1 is 1.43 bits per heavy atom. The maximum absolute atomic E-state index is 12.3. The van der Waals surface area contributed by atoms with Crippen LogP contribution in [-0.2, 0) is 20.9 Å². The molecular formula is C15H22N2O3S. The molecule has 1 heterocycles. The molecule has 0 aliphatic carbocycles. The summed E-state index contributed by atoms with van der Waals surface area (Å²) in [4.78, 5) is 28.2. The maximum Gasteiger partial charge on any atom is 0.320 e. The van der Waals surface area contributed by atoms with Crippen LogP contribution in [0.4, 0.5) is 0 Å². The van der Waals surface area contributed by atoms with E-state index in [4.69, 9.17) is 4.74 Å². The second-order valence-electron chi connectivity index (χ2n) is 4.62. The van der Waals surface area contributed by atoms with Gasteiger partial charge in [0.25, 0.3) is 0 Å². The van der Waals surface area contributed by atoms with Gasteiger partial charge >= 0.3 is 5.97 Å². The van der Waals surface area contributed by atoms with Gasteiger partial charge in [-0.05, 0) is 25.4 Å². The van der Waals surface area contributed by atoms with Gasteiger partial charge in [-0.15, -0.1) is 17.9 Å². The Bertz CT molecular complexity index is 459. The molecule has 0 radical (unpaired) electrons. The number of ether oxygens (including phenoxy) is 1. The number of nitrogens with zero attached hydrogens (tertiary/aromatic N) is 2. The van der Waals surface area contributed by atoms with Crippen LogP contribution in [0.2, 0.25) is 0 Å². The Kier molecular flexibility index (Phi) is 7.71. The molecule has 0 spiro atoms. The highest BCUT2D eigenvalue weighted by atomic mass is 32.1. The van der Waals surface area contributed by atoms with Crippen LogP contribution in [-0.4, -0.2) is 55.0 Å². The molecule has 6 heteroatoms. The van der Waals surface area contributed by atoms with Gasteiger partial charge in [-0.2, -0.15) is 0 Å². The van der Waals surface area contributed by atoms with Crippen molar-refractivity contribution in [1.82, 2.24) is 9.80 Å². The van der Waals surface area contributed by atoms with E-state index in [1.54, 1.807) is 41.2 Å². The van der Waals surface area contributed by atoms with Crippen LogP contribution in [0.15, 0.2) is 30.2 Å². The van der Waals surface area contributed by atoms with Crippen molar-refractivity contribution in [3.05, 3.63) is 35.0 Å². The van der Waals surface area contributed by atoms with Crippen molar-refractivity contribution in [2.45, 2.75) is 13.5 Å². The zero-order chi connectivity index (χ0) is 15.7. The molecule has 0 bridgehead atoms. The van der Waals surface area contributed by atoms with Gasteiger partial charge in [0.2, 0.25) is 5.91 Å². The van der Waals surface area contributed by atoms with E-state index in [0.717, 1.165) is 4.88 Å². The predicted octanol–water partition coefficient (Wildman–Crippen LogP) is 1.76. The van der Waals surface area contributed by atoms with Crippen molar-refractivity contribution in [3.63, 3.8) is 0 Å². The molecule has 0 saturated heterocycles. The highest BCUT2D eigenvalue weighted by Gasteiger charge is 2.17. The molecule has 1 aromatic heterocycles. The summed E-state index contributed by atoms with van der Waals surface area (Å²) >= 11 is 1.61. The fourth-order valence-electron chi connectivity index (χ4n) is 1.81. The Hall–Kier alpha value is -1.66. The first kappa shape index (κ1) is 17.4. The van der Waals surface area contributed by atoms with Gasteiger partial charge in [0, 0.05) is 11.4 Å². The number of amides is 1. The molecule has 1 rings (SSSR count). The molecule has 0 aliphatic heterocycles. The molecule has 1 aromatic rings. The molecule has 5 nitrogen and oxygen atoms in total. The second-order valence-corrected chi connectivity index (χ2v) is 5.65. The van der Waals surface area contributed by atoms with Crippen molar-refractivity contribution in [1.29, 1.82) is 0 Å². The topological polar surface area (TPSA) is 49.9 Å². The van der Waals surface area contributed by atoms with Crippen molar-refractivity contribution in [3.8, 4) is 0 Å². The lowest BCUT2D eigenvalue weighted by Crippen LogP contribution is -2.40. The number of esters is 1. The second kappa shape index (κ2) is 9.31. The van der Waals surface area contributed by atoms with E-state index in [0.29, 0.717) is 19.7 Å². The van der Waals surface area contributed by atoms with Crippen LogP contribution < -0.4 is 0 Å². The highest BCUT2D eigenvalue weighted by Crippen LogP contribution is 2.12. The van der Waals surface area contributed by atoms with Gasteiger partial charge in [0.1, 0.15) is 0 Å². The number of likely N-dealkylation sites (N-methyl/N-ethyl adjacent to an activating group) is 1. The summed E-state index contributed by atoms with van der Waals surface area (Å²) in [7, 11) is 1.73. The third kappa shape index (κ3) is 6.55. The molecule has 0 aliphatic rings. The summed E-state index contributed by atoms with van der Waals surface area (Å²) in [6.45, 7) is 7.14. The summed E-state index contributed by atoms with van der Waals surface area (Å²) in [5.74, 6) is -0.351. The third-order valence-corrected chi connectivity index (χ3v) is 3.60. The molecule has 116 valence electrons. The van der Waals surface area contributed by atoms with Crippen molar-refractivity contribution in [2.24, 2.45) is 0 Å². The first-order chi connectivity index (χ1) is 10.1. The van der Waals surface area contributed by atoms with E-state index in [-0.39, 0.29) is 25.0 Å². The summed E-state index contributed by atoms with van der Waals surface area (Å²) in [5, 5.41) is 1.98. The molecule has 0 saturated carbocycles. The van der Waals surface area contributed by atoms with E-state index in [1.165, 1.54) is 0 Å². The Labute approximate surface area is 129 Å². The van der Waals surface area contributed by atoms with Crippen LogP contribution in [0.5, 0.6) is 0 Å². The zero-order valence-corrected chi connectivity index (χ0v) is 13.4. The van der Waals surface area contributed by atoms with E-state index in [9.17, 15) is 9.59 Å². The van der Waals surface area contributed by atoms with Crippen LogP contribution >= 0.6 is 11.3 Å². The lowest BCUT2D eigenvalue weighted by molar-refractivity contribution is -0.144. The monoisotopic (exact) mass is 310 g/mol. The fraction of sp³-hybridized carbons (Fsp3) is 0.467. The van der Waals surface area contributed by atoms with E-state index in [1.807, 2.05) is 17.5 Å². The van der Waals surface area contributed by atoms with Crippen LogP contribution in [0.3, 0.4) is 0 Å². The minimum atomic E-state index is -0.318. The normalized spacial score (nSPS) is 10.4. The Balaban J connectivity index is 2.52. The highest BCUT2D eigenvalue weighted by molar-refractivity contribution is 7.09. The SMILES string of the molecule is C=CCN(Cc1cccs1)C(=O)CN(C)CC(=O)OCC. The number of carbonyl (C=O) groups excluding carboxylic acids is 2. The van der Waals surface area contributed by atoms with Gasteiger partial charge in [-0.3, -0.25) is 14.5 Å². The molecule has 1 amide bonds. The van der Waals surface area contributed by atoms with Crippen molar-refractivity contribution >= 4 is 23.2 Å². The minimum Gasteiger partial charge on any atom is -0.465 e. The number of thiophene rings is 1. The quantitative estimate of drug-likeness (QED) is 0.515. The third-order valence-electron chi connectivity index (χ3n) is 2.74. The predicted molar refractivity (Wildman–Crippen MR) is 84.1 cm³/mol. The number of carbonyl (C=O) groups is 2. The zero-order valence-electron chi connectivity index (χ0n) is 12.6. The lowest BCUT2D eigenvalue weighted by atomic mass is 10.3. The van der Waals surface area contributed by atoms with E-state index >= 15 is 0 Å². The fourth-order valence-corrected chi connectivity index (χ4v) is 2.53. The summed E-state index contributed by atoms with van der Waals surface area (Å²) < 4.78 is 4.87.